The molecule has 0 saturated carbocycles. The number of hydrogen-bond donors (Lipinski definition) is 1. The number of halogens is 1. The van der Waals surface area contributed by atoms with Gasteiger partial charge in [-0.1, -0.05) is 6.07 Å². The van der Waals surface area contributed by atoms with Crippen LogP contribution in [-0.2, 0) is 6.54 Å². The molecule has 3 rings (SSSR count). The summed E-state index contributed by atoms with van der Waals surface area (Å²) in [6, 6.07) is 7.25. The molecular weight excluding hydrogens is 313 g/mol. The number of piperazine rings is 1. The Hall–Kier alpha value is -2.67. The first-order valence-electron chi connectivity index (χ1n) is 7.70. The summed E-state index contributed by atoms with van der Waals surface area (Å²) in [6.45, 7) is 1.89. The summed E-state index contributed by atoms with van der Waals surface area (Å²) in [5, 5.41) is 0. The number of carbonyl (C=O) groups excluding carboxylic acids is 2. The van der Waals surface area contributed by atoms with E-state index in [1.54, 1.807) is 21.9 Å². The SMILES string of the molecule is NCc1cc(C(=O)N2CCN(C(=O)c3cccc(F)c3)CC2)co1. The number of nitrogens with two attached hydrogens (primary N) is 1. The Morgan fingerprint density at radius 2 is 1.67 bits per heavy atom. The van der Waals surface area contributed by atoms with Crippen molar-refractivity contribution < 1.29 is 18.4 Å². The van der Waals surface area contributed by atoms with Crippen molar-refractivity contribution in [1.29, 1.82) is 0 Å². The van der Waals surface area contributed by atoms with Crippen LogP contribution in [0.2, 0.25) is 0 Å². The maximum atomic E-state index is 13.2. The summed E-state index contributed by atoms with van der Waals surface area (Å²) < 4.78 is 18.4. The minimum atomic E-state index is -0.440. The van der Waals surface area contributed by atoms with Crippen molar-refractivity contribution in [3.8, 4) is 0 Å². The van der Waals surface area contributed by atoms with Crippen LogP contribution in [0.15, 0.2) is 41.0 Å². The molecule has 7 heteroatoms. The highest BCUT2D eigenvalue weighted by molar-refractivity contribution is 5.95. The lowest BCUT2D eigenvalue weighted by atomic mass is 10.1. The third-order valence-electron chi connectivity index (χ3n) is 4.03. The van der Waals surface area contributed by atoms with Gasteiger partial charge < -0.3 is 20.0 Å². The van der Waals surface area contributed by atoms with Gasteiger partial charge in [0.25, 0.3) is 11.8 Å². The van der Waals surface area contributed by atoms with Gasteiger partial charge in [-0.2, -0.15) is 0 Å². The van der Waals surface area contributed by atoms with Crippen LogP contribution in [0, 0.1) is 5.82 Å². The second-order valence-corrected chi connectivity index (χ2v) is 5.60. The molecule has 1 fully saturated rings. The normalized spacial score (nSPS) is 14.8. The second kappa shape index (κ2) is 6.84. The maximum absolute atomic E-state index is 13.2. The molecule has 1 aliphatic heterocycles. The van der Waals surface area contributed by atoms with E-state index in [1.807, 2.05) is 0 Å². The van der Waals surface area contributed by atoms with Gasteiger partial charge in [0.15, 0.2) is 0 Å². The fraction of sp³-hybridized carbons (Fsp3) is 0.294. The number of benzene rings is 1. The fourth-order valence-electron chi connectivity index (χ4n) is 2.70. The first-order chi connectivity index (χ1) is 11.6. The monoisotopic (exact) mass is 331 g/mol. The van der Waals surface area contributed by atoms with E-state index in [9.17, 15) is 14.0 Å². The molecule has 1 saturated heterocycles. The third-order valence-corrected chi connectivity index (χ3v) is 4.03. The van der Waals surface area contributed by atoms with Gasteiger partial charge in [0.05, 0.1) is 12.1 Å². The molecule has 0 atom stereocenters. The van der Waals surface area contributed by atoms with E-state index in [0.717, 1.165) is 0 Å². The average Bonchev–Trinajstić information content (AvgIpc) is 3.10. The van der Waals surface area contributed by atoms with Gasteiger partial charge in [0, 0.05) is 31.7 Å². The lowest BCUT2D eigenvalue weighted by molar-refractivity contribution is 0.0535. The molecule has 126 valence electrons. The van der Waals surface area contributed by atoms with Crippen molar-refractivity contribution in [2.45, 2.75) is 6.54 Å². The molecule has 2 N–H and O–H groups in total. The van der Waals surface area contributed by atoms with Crippen LogP contribution in [0.25, 0.3) is 0 Å². The molecule has 1 aromatic heterocycles. The highest BCUT2D eigenvalue weighted by atomic mass is 19.1. The quantitative estimate of drug-likeness (QED) is 0.924. The lowest BCUT2D eigenvalue weighted by Crippen LogP contribution is -2.50. The van der Waals surface area contributed by atoms with Gasteiger partial charge in [0.2, 0.25) is 0 Å². The Morgan fingerprint density at radius 3 is 2.21 bits per heavy atom. The zero-order valence-electron chi connectivity index (χ0n) is 13.1. The summed E-state index contributed by atoms with van der Waals surface area (Å²) in [6.07, 6.45) is 1.40. The molecule has 1 aliphatic rings. The van der Waals surface area contributed by atoms with Gasteiger partial charge in [-0.15, -0.1) is 0 Å². The molecule has 2 amide bonds. The van der Waals surface area contributed by atoms with Crippen LogP contribution >= 0.6 is 0 Å². The molecule has 2 aromatic rings. The molecule has 0 spiro atoms. The second-order valence-electron chi connectivity index (χ2n) is 5.60. The minimum Gasteiger partial charge on any atom is -0.467 e. The van der Waals surface area contributed by atoms with Crippen molar-refractivity contribution in [2.24, 2.45) is 5.73 Å². The summed E-state index contributed by atoms with van der Waals surface area (Å²) in [4.78, 5) is 28.1. The van der Waals surface area contributed by atoms with Gasteiger partial charge in [0.1, 0.15) is 17.8 Å². The summed E-state index contributed by atoms with van der Waals surface area (Å²) in [5.41, 5.74) is 6.25. The van der Waals surface area contributed by atoms with Crippen LogP contribution < -0.4 is 5.73 Å². The highest BCUT2D eigenvalue weighted by Gasteiger charge is 2.26. The van der Waals surface area contributed by atoms with Crippen LogP contribution in [-0.4, -0.2) is 47.8 Å². The Bertz CT molecular complexity index is 751. The number of rotatable bonds is 3. The Kier molecular flexibility index (Phi) is 4.61. The predicted octanol–water partition coefficient (Wildman–Crippen LogP) is 1.48. The number of hydrogen-bond acceptors (Lipinski definition) is 4. The molecule has 2 heterocycles. The van der Waals surface area contributed by atoms with E-state index >= 15 is 0 Å². The van der Waals surface area contributed by atoms with E-state index in [1.165, 1.54) is 24.5 Å². The van der Waals surface area contributed by atoms with Gasteiger partial charge in [-0.3, -0.25) is 9.59 Å². The number of furan rings is 1. The molecule has 1 aromatic carbocycles. The number of amides is 2. The van der Waals surface area contributed by atoms with E-state index < -0.39 is 5.82 Å². The molecule has 0 aliphatic carbocycles. The van der Waals surface area contributed by atoms with Crippen molar-refractivity contribution in [3.63, 3.8) is 0 Å². The van der Waals surface area contributed by atoms with Crippen molar-refractivity contribution in [2.75, 3.05) is 26.2 Å². The van der Waals surface area contributed by atoms with Gasteiger partial charge in [-0.25, -0.2) is 4.39 Å². The maximum Gasteiger partial charge on any atom is 0.257 e. The van der Waals surface area contributed by atoms with E-state index in [2.05, 4.69) is 0 Å². The van der Waals surface area contributed by atoms with E-state index in [4.69, 9.17) is 10.2 Å². The third kappa shape index (κ3) is 3.30. The van der Waals surface area contributed by atoms with Gasteiger partial charge in [-0.05, 0) is 24.3 Å². The predicted molar refractivity (Wildman–Crippen MR) is 84.8 cm³/mol. The molecule has 0 radical (unpaired) electrons. The number of carbonyl (C=O) groups is 2. The zero-order chi connectivity index (χ0) is 17.1. The van der Waals surface area contributed by atoms with E-state index in [-0.39, 0.29) is 18.4 Å². The smallest absolute Gasteiger partial charge is 0.257 e. The standard InChI is InChI=1S/C17H18FN3O3/c18-14-3-1-2-12(8-14)16(22)20-4-6-21(7-5-20)17(23)13-9-15(10-19)24-11-13/h1-3,8-9,11H,4-7,10,19H2. The van der Waals surface area contributed by atoms with Crippen LogP contribution in [0.1, 0.15) is 26.5 Å². The van der Waals surface area contributed by atoms with E-state index in [0.29, 0.717) is 43.1 Å². The largest absolute Gasteiger partial charge is 0.467 e. The zero-order valence-corrected chi connectivity index (χ0v) is 13.1. The topological polar surface area (TPSA) is 79.8 Å². The molecule has 6 nitrogen and oxygen atoms in total. The summed E-state index contributed by atoms with van der Waals surface area (Å²) in [5.74, 6) is -0.254. The Labute approximate surface area is 138 Å². The van der Waals surface area contributed by atoms with Crippen LogP contribution in [0.3, 0.4) is 0 Å². The molecule has 0 bridgehead atoms. The Morgan fingerprint density at radius 1 is 1.04 bits per heavy atom. The van der Waals surface area contributed by atoms with Crippen LogP contribution in [0.4, 0.5) is 4.39 Å². The highest BCUT2D eigenvalue weighted by Crippen LogP contribution is 2.14. The van der Waals surface area contributed by atoms with Crippen molar-refractivity contribution >= 4 is 11.8 Å². The lowest BCUT2D eigenvalue weighted by Gasteiger charge is -2.34. The van der Waals surface area contributed by atoms with Crippen LogP contribution in [0.5, 0.6) is 0 Å². The van der Waals surface area contributed by atoms with Crippen molar-refractivity contribution in [1.82, 2.24) is 9.80 Å². The molecular formula is C17H18FN3O3. The molecule has 24 heavy (non-hydrogen) atoms. The summed E-state index contributed by atoms with van der Waals surface area (Å²) >= 11 is 0. The number of nitrogens with zero attached hydrogens (tertiary/aromatic N) is 2. The first kappa shape index (κ1) is 16.2. The average molecular weight is 331 g/mol. The Balaban J connectivity index is 1.61. The minimum absolute atomic E-state index is 0.142. The van der Waals surface area contributed by atoms with Crippen molar-refractivity contribution in [3.05, 3.63) is 59.3 Å². The first-order valence-corrected chi connectivity index (χ1v) is 7.70. The van der Waals surface area contributed by atoms with Gasteiger partial charge >= 0.3 is 0 Å². The summed E-state index contributed by atoms with van der Waals surface area (Å²) in [7, 11) is 0. The fourth-order valence-corrected chi connectivity index (χ4v) is 2.70. The molecule has 0 unspecified atom stereocenters.